The Kier molecular flexibility index (Phi) is 6.47. The normalized spacial score (nSPS) is 12.3. The van der Waals surface area contributed by atoms with E-state index in [9.17, 15) is 14.4 Å². The molecule has 0 bridgehead atoms. The molecular formula is C21H33N3O3. The SMILES string of the molecule is CC(C)(C)C(=O)Nc1ccc(NC(=O)C(C)(C)C)c(NC(=O)C(C)(C)C)c1. The fourth-order valence-corrected chi connectivity index (χ4v) is 1.77. The Bertz CT molecular complexity index is 733. The zero-order valence-electron chi connectivity index (χ0n) is 18.0. The van der Waals surface area contributed by atoms with E-state index in [0.29, 0.717) is 17.1 Å². The lowest BCUT2D eigenvalue weighted by Crippen LogP contribution is -2.31. The summed E-state index contributed by atoms with van der Waals surface area (Å²) < 4.78 is 0. The second-order valence-electron chi connectivity index (χ2n) is 9.87. The zero-order valence-corrected chi connectivity index (χ0v) is 18.0. The van der Waals surface area contributed by atoms with Crippen LogP contribution in [-0.4, -0.2) is 17.7 Å². The number of nitrogens with one attached hydrogen (secondary N) is 3. The topological polar surface area (TPSA) is 87.3 Å². The van der Waals surface area contributed by atoms with Crippen molar-refractivity contribution in [1.82, 2.24) is 0 Å². The summed E-state index contributed by atoms with van der Waals surface area (Å²) in [6.45, 7) is 16.3. The molecule has 0 spiro atoms. The van der Waals surface area contributed by atoms with Crippen LogP contribution in [0.2, 0.25) is 0 Å². The van der Waals surface area contributed by atoms with Gasteiger partial charge in [0.15, 0.2) is 0 Å². The van der Waals surface area contributed by atoms with Crippen molar-refractivity contribution >= 4 is 34.8 Å². The highest BCUT2D eigenvalue weighted by atomic mass is 16.2. The summed E-state index contributed by atoms with van der Waals surface area (Å²) in [5.74, 6) is -0.490. The molecule has 0 unspecified atom stereocenters. The standard InChI is InChI=1S/C21H33N3O3/c1-19(2,3)16(25)22-13-10-11-14(23-17(26)20(4,5)6)15(12-13)24-18(27)21(7,8)9/h10-12H,1-9H3,(H,22,25)(H,23,26)(H,24,27). The van der Waals surface area contributed by atoms with E-state index in [4.69, 9.17) is 0 Å². The number of carbonyl (C=O) groups excluding carboxylic acids is 3. The van der Waals surface area contributed by atoms with Crippen LogP contribution in [0.3, 0.4) is 0 Å². The van der Waals surface area contributed by atoms with Gasteiger partial charge in [-0.1, -0.05) is 62.3 Å². The van der Waals surface area contributed by atoms with Gasteiger partial charge in [0.05, 0.1) is 11.4 Å². The highest BCUT2D eigenvalue weighted by Crippen LogP contribution is 2.30. The summed E-state index contributed by atoms with van der Waals surface area (Å²) in [7, 11) is 0. The van der Waals surface area contributed by atoms with Crippen molar-refractivity contribution < 1.29 is 14.4 Å². The predicted octanol–water partition coefficient (Wildman–Crippen LogP) is 4.64. The molecule has 0 saturated heterocycles. The first kappa shape index (κ1) is 22.7. The Hall–Kier alpha value is -2.37. The highest BCUT2D eigenvalue weighted by Gasteiger charge is 2.26. The molecule has 0 radical (unpaired) electrons. The third-order valence-corrected chi connectivity index (χ3v) is 3.82. The van der Waals surface area contributed by atoms with Gasteiger partial charge in [-0.25, -0.2) is 0 Å². The first-order chi connectivity index (χ1) is 12.0. The molecule has 6 heteroatoms. The lowest BCUT2D eigenvalue weighted by Gasteiger charge is -2.23. The molecule has 1 rings (SSSR count). The van der Waals surface area contributed by atoms with E-state index in [0.717, 1.165) is 0 Å². The molecule has 0 atom stereocenters. The van der Waals surface area contributed by atoms with Gasteiger partial charge in [-0.3, -0.25) is 14.4 Å². The smallest absolute Gasteiger partial charge is 0.229 e. The Labute approximate surface area is 162 Å². The fraction of sp³-hybridized carbons (Fsp3) is 0.571. The molecule has 0 aromatic heterocycles. The van der Waals surface area contributed by atoms with Gasteiger partial charge >= 0.3 is 0 Å². The molecular weight excluding hydrogens is 342 g/mol. The van der Waals surface area contributed by atoms with E-state index in [1.54, 1.807) is 39.0 Å². The third-order valence-electron chi connectivity index (χ3n) is 3.82. The fourth-order valence-electron chi connectivity index (χ4n) is 1.77. The van der Waals surface area contributed by atoms with Gasteiger partial charge in [0.1, 0.15) is 0 Å². The molecule has 0 aliphatic heterocycles. The monoisotopic (exact) mass is 375 g/mol. The minimum Gasteiger partial charge on any atom is -0.326 e. The summed E-state index contributed by atoms with van der Waals surface area (Å²) in [4.78, 5) is 37.1. The number of carbonyl (C=O) groups is 3. The van der Waals surface area contributed by atoms with Crippen LogP contribution in [-0.2, 0) is 14.4 Å². The minimum absolute atomic E-state index is 0.137. The van der Waals surface area contributed by atoms with E-state index < -0.39 is 16.2 Å². The van der Waals surface area contributed by atoms with Crippen molar-refractivity contribution in [1.29, 1.82) is 0 Å². The van der Waals surface area contributed by atoms with Crippen molar-refractivity contribution in [3.8, 4) is 0 Å². The number of anilines is 3. The summed E-state index contributed by atoms with van der Waals surface area (Å²) in [6, 6.07) is 5.04. The van der Waals surface area contributed by atoms with Crippen LogP contribution in [0.15, 0.2) is 18.2 Å². The Morgan fingerprint density at radius 2 is 0.963 bits per heavy atom. The summed E-state index contributed by atoms with van der Waals surface area (Å²) in [6.07, 6.45) is 0. The maximum atomic E-state index is 12.5. The van der Waals surface area contributed by atoms with Crippen LogP contribution in [0.5, 0.6) is 0 Å². The Morgan fingerprint density at radius 3 is 1.37 bits per heavy atom. The molecule has 0 fully saturated rings. The molecule has 150 valence electrons. The third kappa shape index (κ3) is 6.70. The minimum atomic E-state index is -0.601. The Balaban J connectivity index is 3.24. The van der Waals surface area contributed by atoms with Gasteiger partial charge in [0.2, 0.25) is 17.7 Å². The molecule has 0 saturated carbocycles. The second kappa shape index (κ2) is 7.71. The number of hydrogen-bond acceptors (Lipinski definition) is 3. The second-order valence-corrected chi connectivity index (χ2v) is 9.87. The number of hydrogen-bond donors (Lipinski definition) is 3. The van der Waals surface area contributed by atoms with Gasteiger partial charge in [-0.05, 0) is 18.2 Å². The molecule has 0 aliphatic rings. The molecule has 3 N–H and O–H groups in total. The van der Waals surface area contributed by atoms with Crippen LogP contribution in [0.25, 0.3) is 0 Å². The van der Waals surface area contributed by atoms with Crippen molar-refractivity contribution in [2.75, 3.05) is 16.0 Å². The first-order valence-corrected chi connectivity index (χ1v) is 9.10. The number of benzene rings is 1. The number of rotatable bonds is 3. The lowest BCUT2D eigenvalue weighted by atomic mass is 9.94. The van der Waals surface area contributed by atoms with Crippen molar-refractivity contribution in [3.05, 3.63) is 18.2 Å². The number of amides is 3. The van der Waals surface area contributed by atoms with Crippen molar-refractivity contribution in [3.63, 3.8) is 0 Å². The van der Waals surface area contributed by atoms with Gasteiger partial charge in [-0.2, -0.15) is 0 Å². The van der Waals surface area contributed by atoms with Crippen LogP contribution in [0, 0.1) is 16.2 Å². The molecule has 3 amide bonds. The van der Waals surface area contributed by atoms with E-state index in [-0.39, 0.29) is 17.7 Å². The highest BCUT2D eigenvalue weighted by molar-refractivity contribution is 6.04. The van der Waals surface area contributed by atoms with Crippen molar-refractivity contribution in [2.24, 2.45) is 16.2 Å². The average molecular weight is 376 g/mol. The van der Waals surface area contributed by atoms with E-state index in [2.05, 4.69) is 16.0 Å². The van der Waals surface area contributed by atoms with Crippen LogP contribution in [0.4, 0.5) is 17.1 Å². The molecule has 1 aromatic carbocycles. The zero-order chi connectivity index (χ0) is 21.2. The van der Waals surface area contributed by atoms with E-state index in [1.807, 2.05) is 41.5 Å². The van der Waals surface area contributed by atoms with Crippen LogP contribution in [0.1, 0.15) is 62.3 Å². The summed E-state index contributed by atoms with van der Waals surface area (Å²) in [5, 5.41) is 8.55. The maximum absolute atomic E-state index is 12.5. The molecule has 6 nitrogen and oxygen atoms in total. The summed E-state index contributed by atoms with van der Waals surface area (Å²) in [5.41, 5.74) is -0.248. The summed E-state index contributed by atoms with van der Waals surface area (Å²) >= 11 is 0. The van der Waals surface area contributed by atoms with Gasteiger partial charge in [0.25, 0.3) is 0 Å². The first-order valence-electron chi connectivity index (χ1n) is 9.10. The average Bonchev–Trinajstić information content (AvgIpc) is 2.46. The van der Waals surface area contributed by atoms with E-state index in [1.165, 1.54) is 0 Å². The Morgan fingerprint density at radius 1 is 0.593 bits per heavy atom. The van der Waals surface area contributed by atoms with Crippen LogP contribution >= 0.6 is 0 Å². The van der Waals surface area contributed by atoms with Crippen LogP contribution < -0.4 is 16.0 Å². The molecule has 1 aromatic rings. The quantitative estimate of drug-likeness (QED) is 0.719. The van der Waals surface area contributed by atoms with Crippen molar-refractivity contribution in [2.45, 2.75) is 62.3 Å². The van der Waals surface area contributed by atoms with Gasteiger partial charge < -0.3 is 16.0 Å². The molecule has 0 heterocycles. The molecule has 27 heavy (non-hydrogen) atoms. The maximum Gasteiger partial charge on any atom is 0.229 e. The predicted molar refractivity (Wildman–Crippen MR) is 111 cm³/mol. The van der Waals surface area contributed by atoms with Gasteiger partial charge in [0, 0.05) is 21.9 Å². The van der Waals surface area contributed by atoms with Gasteiger partial charge in [-0.15, -0.1) is 0 Å². The molecule has 0 aliphatic carbocycles. The largest absolute Gasteiger partial charge is 0.326 e. The van der Waals surface area contributed by atoms with E-state index >= 15 is 0 Å². The lowest BCUT2D eigenvalue weighted by molar-refractivity contribution is -0.124.